The van der Waals surface area contributed by atoms with Crippen LogP contribution in [0.25, 0.3) is 11.4 Å². The Morgan fingerprint density at radius 2 is 2.29 bits per heavy atom. The smallest absolute Gasteiger partial charge is 0.106 e. The number of aromatic nitrogens is 4. The fraction of sp³-hybridized carbons (Fsp3) is 0.500. The molecule has 0 unspecified atom stereocenters. The number of aryl methyl sites for hydroxylation is 2. The van der Waals surface area contributed by atoms with Crippen molar-refractivity contribution in [2.75, 3.05) is 13.2 Å². The van der Waals surface area contributed by atoms with E-state index >= 15 is 0 Å². The lowest BCUT2D eigenvalue weighted by molar-refractivity contribution is -0.0406. The van der Waals surface area contributed by atoms with Gasteiger partial charge in [0.1, 0.15) is 5.69 Å². The lowest BCUT2D eigenvalue weighted by Gasteiger charge is -2.26. The van der Waals surface area contributed by atoms with Crippen molar-refractivity contribution in [2.45, 2.75) is 13.5 Å². The van der Waals surface area contributed by atoms with Gasteiger partial charge in [0, 0.05) is 25.7 Å². The second-order valence-corrected chi connectivity index (χ2v) is 4.68. The molecule has 0 bridgehead atoms. The lowest BCUT2D eigenvalue weighted by atomic mass is 10.1. The molecule has 0 amide bonds. The minimum absolute atomic E-state index is 0.594. The molecule has 0 saturated carbocycles. The maximum atomic E-state index is 5.20. The van der Waals surface area contributed by atoms with Crippen molar-refractivity contribution in [1.82, 2.24) is 19.3 Å². The van der Waals surface area contributed by atoms with Crippen molar-refractivity contribution >= 4 is 0 Å². The van der Waals surface area contributed by atoms with Gasteiger partial charge in [-0.1, -0.05) is 0 Å². The van der Waals surface area contributed by atoms with Crippen molar-refractivity contribution in [1.29, 1.82) is 0 Å². The molecule has 90 valence electrons. The Kier molecular flexibility index (Phi) is 2.48. The first-order valence-corrected chi connectivity index (χ1v) is 5.83. The van der Waals surface area contributed by atoms with Crippen LogP contribution in [0, 0.1) is 12.8 Å². The molecule has 1 aliphatic rings. The predicted octanol–water partition coefficient (Wildman–Crippen LogP) is 1.24. The molecule has 3 heterocycles. The van der Waals surface area contributed by atoms with Crippen LogP contribution < -0.4 is 0 Å². The Bertz CT molecular complexity index is 524. The number of ether oxygens (including phenoxy) is 1. The van der Waals surface area contributed by atoms with Gasteiger partial charge in [0.25, 0.3) is 0 Å². The maximum Gasteiger partial charge on any atom is 0.106 e. The maximum absolute atomic E-state index is 5.20. The van der Waals surface area contributed by atoms with Crippen LogP contribution in [0.5, 0.6) is 0 Å². The summed E-state index contributed by atoms with van der Waals surface area (Å²) in [5.74, 6) is 0.594. The topological polar surface area (TPSA) is 44.9 Å². The van der Waals surface area contributed by atoms with E-state index in [9.17, 15) is 0 Å². The highest BCUT2D eigenvalue weighted by Gasteiger charge is 2.21. The van der Waals surface area contributed by atoms with Crippen LogP contribution in [0.1, 0.15) is 5.69 Å². The third kappa shape index (κ3) is 1.98. The van der Waals surface area contributed by atoms with Crippen molar-refractivity contribution in [3.8, 4) is 11.4 Å². The summed E-state index contributed by atoms with van der Waals surface area (Å²) in [5.41, 5.74) is 3.11. The van der Waals surface area contributed by atoms with Crippen LogP contribution in [-0.4, -0.2) is 32.5 Å². The Hall–Kier alpha value is -1.62. The average Bonchev–Trinajstić information content (AvgIpc) is 2.78. The van der Waals surface area contributed by atoms with Gasteiger partial charge in [-0.15, -0.1) is 0 Å². The van der Waals surface area contributed by atoms with Crippen LogP contribution in [0.3, 0.4) is 0 Å². The quantitative estimate of drug-likeness (QED) is 0.799. The van der Waals surface area contributed by atoms with E-state index in [0.29, 0.717) is 5.92 Å². The van der Waals surface area contributed by atoms with Crippen LogP contribution in [0.15, 0.2) is 18.6 Å². The molecule has 0 spiro atoms. The summed E-state index contributed by atoms with van der Waals surface area (Å²) >= 11 is 0. The second kappa shape index (κ2) is 4.00. The predicted molar refractivity (Wildman–Crippen MR) is 63.5 cm³/mol. The number of hydrogen-bond acceptors (Lipinski definition) is 3. The third-order valence-electron chi connectivity index (χ3n) is 3.01. The molecule has 1 fully saturated rings. The second-order valence-electron chi connectivity index (χ2n) is 4.68. The Morgan fingerprint density at radius 1 is 1.47 bits per heavy atom. The van der Waals surface area contributed by atoms with Crippen molar-refractivity contribution in [2.24, 2.45) is 13.0 Å². The van der Waals surface area contributed by atoms with E-state index in [4.69, 9.17) is 4.74 Å². The zero-order valence-electron chi connectivity index (χ0n) is 10.1. The van der Waals surface area contributed by atoms with Gasteiger partial charge < -0.3 is 9.30 Å². The Labute approximate surface area is 100 Å². The zero-order valence-corrected chi connectivity index (χ0v) is 10.1. The van der Waals surface area contributed by atoms with Crippen LogP contribution in [0.2, 0.25) is 0 Å². The van der Waals surface area contributed by atoms with Gasteiger partial charge in [0.15, 0.2) is 0 Å². The molecule has 2 aromatic rings. The van der Waals surface area contributed by atoms with Gasteiger partial charge in [0.05, 0.1) is 30.9 Å². The molecule has 17 heavy (non-hydrogen) atoms. The number of hydrogen-bond donors (Lipinski definition) is 0. The number of imidazole rings is 1. The van der Waals surface area contributed by atoms with Crippen LogP contribution >= 0.6 is 0 Å². The summed E-state index contributed by atoms with van der Waals surface area (Å²) in [6.07, 6.45) is 3.83. The molecule has 0 atom stereocenters. The summed E-state index contributed by atoms with van der Waals surface area (Å²) in [4.78, 5) is 4.38. The molecular weight excluding hydrogens is 216 g/mol. The molecule has 0 radical (unpaired) electrons. The summed E-state index contributed by atoms with van der Waals surface area (Å²) in [6.45, 7) is 4.63. The molecule has 1 saturated heterocycles. The fourth-order valence-corrected chi connectivity index (χ4v) is 2.07. The normalized spacial score (nSPS) is 16.1. The standard InChI is InChI=1S/C12H16N4O/c1-9-3-12(11-5-15(2)8-13-11)16(14-9)4-10-6-17-7-10/h3,5,8,10H,4,6-7H2,1-2H3. The SMILES string of the molecule is Cc1cc(-c2cn(C)cn2)n(CC2COC2)n1. The van der Waals surface area contributed by atoms with Gasteiger partial charge in [0.2, 0.25) is 0 Å². The van der Waals surface area contributed by atoms with E-state index in [-0.39, 0.29) is 0 Å². The van der Waals surface area contributed by atoms with Crippen molar-refractivity contribution < 1.29 is 4.74 Å². The Balaban J connectivity index is 1.91. The molecule has 0 aromatic carbocycles. The summed E-state index contributed by atoms with van der Waals surface area (Å²) in [5, 5.41) is 4.53. The monoisotopic (exact) mass is 232 g/mol. The average molecular weight is 232 g/mol. The van der Waals surface area contributed by atoms with E-state index in [1.807, 2.05) is 35.7 Å². The van der Waals surface area contributed by atoms with E-state index in [1.54, 1.807) is 0 Å². The van der Waals surface area contributed by atoms with E-state index in [2.05, 4.69) is 16.1 Å². The fourth-order valence-electron chi connectivity index (χ4n) is 2.07. The summed E-state index contributed by atoms with van der Waals surface area (Å²) in [7, 11) is 1.98. The minimum Gasteiger partial charge on any atom is -0.381 e. The van der Waals surface area contributed by atoms with Gasteiger partial charge in [-0.3, -0.25) is 4.68 Å². The number of nitrogens with zero attached hydrogens (tertiary/aromatic N) is 4. The van der Waals surface area contributed by atoms with Gasteiger partial charge in [-0.2, -0.15) is 5.10 Å². The molecule has 3 rings (SSSR count). The number of rotatable bonds is 3. The van der Waals surface area contributed by atoms with E-state index < -0.39 is 0 Å². The van der Waals surface area contributed by atoms with Crippen molar-refractivity contribution in [3.63, 3.8) is 0 Å². The van der Waals surface area contributed by atoms with Gasteiger partial charge >= 0.3 is 0 Å². The highest BCUT2D eigenvalue weighted by Crippen LogP contribution is 2.21. The van der Waals surface area contributed by atoms with Crippen LogP contribution in [0.4, 0.5) is 0 Å². The first kappa shape index (κ1) is 10.5. The van der Waals surface area contributed by atoms with Crippen molar-refractivity contribution in [3.05, 3.63) is 24.3 Å². The van der Waals surface area contributed by atoms with E-state index in [1.165, 1.54) is 0 Å². The molecule has 5 heteroatoms. The van der Waals surface area contributed by atoms with Crippen LogP contribution in [-0.2, 0) is 18.3 Å². The third-order valence-corrected chi connectivity index (χ3v) is 3.01. The molecule has 0 aliphatic carbocycles. The molecule has 2 aromatic heterocycles. The van der Waals surface area contributed by atoms with Gasteiger partial charge in [-0.05, 0) is 13.0 Å². The lowest BCUT2D eigenvalue weighted by Crippen LogP contribution is -2.32. The summed E-state index contributed by atoms with van der Waals surface area (Å²) < 4.78 is 9.20. The minimum atomic E-state index is 0.594. The first-order valence-electron chi connectivity index (χ1n) is 5.83. The highest BCUT2D eigenvalue weighted by molar-refractivity contribution is 5.54. The molecule has 1 aliphatic heterocycles. The van der Waals surface area contributed by atoms with E-state index in [0.717, 1.165) is 36.8 Å². The Morgan fingerprint density at radius 3 is 2.88 bits per heavy atom. The first-order chi connectivity index (χ1) is 8.22. The highest BCUT2D eigenvalue weighted by atomic mass is 16.5. The molecular formula is C12H16N4O. The zero-order chi connectivity index (χ0) is 11.8. The largest absolute Gasteiger partial charge is 0.381 e. The molecule has 5 nitrogen and oxygen atoms in total. The summed E-state index contributed by atoms with van der Waals surface area (Å²) in [6, 6.07) is 2.09. The van der Waals surface area contributed by atoms with Gasteiger partial charge in [-0.25, -0.2) is 4.98 Å². The molecule has 0 N–H and O–H groups in total.